The molecule has 204 valence electrons. The Kier molecular flexibility index (Phi) is 5.51. The van der Waals surface area contributed by atoms with Crippen LogP contribution in [0.3, 0.4) is 0 Å². The summed E-state index contributed by atoms with van der Waals surface area (Å²) in [5.74, 6) is 0. The fourth-order valence-electron chi connectivity index (χ4n) is 8.00. The Balaban J connectivity index is 1.22. The van der Waals surface area contributed by atoms with Crippen molar-refractivity contribution in [3.63, 3.8) is 0 Å². The van der Waals surface area contributed by atoms with Gasteiger partial charge in [0.15, 0.2) is 6.54 Å². The topological polar surface area (TPSA) is 6.25 Å². The molecule has 0 saturated heterocycles. The van der Waals surface area contributed by atoms with Gasteiger partial charge in [-0.05, 0) is 79.7 Å². The Morgan fingerprint density at radius 3 is 2.27 bits per heavy atom. The van der Waals surface area contributed by atoms with E-state index in [1.165, 1.54) is 72.4 Å². The molecule has 41 heavy (non-hydrogen) atoms. The van der Waals surface area contributed by atoms with Gasteiger partial charge in [-0.2, -0.15) is 4.58 Å². The summed E-state index contributed by atoms with van der Waals surface area (Å²) in [6.07, 6.45) is 8.63. The SMILES string of the molecule is CC1(C)C2=C(C=C3CCCC(C=C4C[N+]5=C4C(C)(C)c4ccccc45)=C3Sc3ccccc3)CN2c2ccccc21. The van der Waals surface area contributed by atoms with E-state index in [1.807, 2.05) is 11.8 Å². The zero-order valence-corrected chi connectivity index (χ0v) is 25.3. The van der Waals surface area contributed by atoms with Gasteiger partial charge in [0.2, 0.25) is 11.4 Å². The van der Waals surface area contributed by atoms with Gasteiger partial charge in [0.1, 0.15) is 0 Å². The second-order valence-corrected chi connectivity index (χ2v) is 14.2. The van der Waals surface area contributed by atoms with E-state index in [0.717, 1.165) is 25.9 Å². The molecule has 5 aliphatic rings. The first-order chi connectivity index (χ1) is 19.8. The van der Waals surface area contributed by atoms with Crippen LogP contribution in [0.1, 0.15) is 58.1 Å². The van der Waals surface area contributed by atoms with Gasteiger partial charge >= 0.3 is 0 Å². The van der Waals surface area contributed by atoms with Crippen LogP contribution in [0, 0.1) is 0 Å². The van der Waals surface area contributed by atoms with Gasteiger partial charge in [-0.3, -0.25) is 0 Å². The summed E-state index contributed by atoms with van der Waals surface area (Å²) >= 11 is 1.97. The van der Waals surface area contributed by atoms with E-state index >= 15 is 0 Å². The Morgan fingerprint density at radius 2 is 1.44 bits per heavy atom. The lowest BCUT2D eigenvalue weighted by atomic mass is 9.77. The number of allylic oxidation sites excluding steroid dienone is 4. The fourth-order valence-corrected chi connectivity index (χ4v) is 9.11. The first-order valence-corrected chi connectivity index (χ1v) is 15.9. The Labute approximate surface area is 248 Å². The van der Waals surface area contributed by atoms with Crippen molar-refractivity contribution in [2.45, 2.75) is 62.7 Å². The second kappa shape index (κ2) is 8.97. The number of rotatable bonds is 4. The van der Waals surface area contributed by atoms with Crippen molar-refractivity contribution in [2.24, 2.45) is 0 Å². The third-order valence-corrected chi connectivity index (χ3v) is 11.1. The molecular weight excluding hydrogens is 516 g/mol. The van der Waals surface area contributed by atoms with Crippen LogP contribution in [0.5, 0.6) is 0 Å². The van der Waals surface area contributed by atoms with Gasteiger partial charge in [-0.15, -0.1) is 0 Å². The summed E-state index contributed by atoms with van der Waals surface area (Å²) in [6.45, 7) is 11.6. The summed E-state index contributed by atoms with van der Waals surface area (Å²) in [7, 11) is 0. The smallest absolute Gasteiger partial charge is 0.210 e. The summed E-state index contributed by atoms with van der Waals surface area (Å²) in [6, 6.07) is 28.9. The lowest BCUT2D eigenvalue weighted by Crippen LogP contribution is -2.40. The van der Waals surface area contributed by atoms with E-state index < -0.39 is 0 Å². The summed E-state index contributed by atoms with van der Waals surface area (Å²) < 4.78 is 2.54. The van der Waals surface area contributed by atoms with Crippen LogP contribution in [0.2, 0.25) is 0 Å². The van der Waals surface area contributed by atoms with Crippen LogP contribution < -0.4 is 4.90 Å². The molecule has 0 unspecified atom stereocenters. The standard InChI is InChI=1S/C38H37N2S/c1-37(2)30-17-8-10-19-32(30)39-23-27(35(37)39)21-25-13-12-14-26(34(25)41-29-15-6-5-7-16-29)22-28-24-40-33-20-11-9-18-31(33)38(3,4)36(28)40/h5-11,15-22H,12-14,23-24H2,1-4H3/q+1. The van der Waals surface area contributed by atoms with Crippen LogP contribution in [-0.2, 0) is 10.8 Å². The molecule has 0 radical (unpaired) electrons. The molecule has 1 aliphatic carbocycles. The molecule has 0 atom stereocenters. The number of fused-ring (bicyclic) bond motifs is 5. The lowest BCUT2D eigenvalue weighted by Gasteiger charge is -2.38. The van der Waals surface area contributed by atoms with E-state index in [0.29, 0.717) is 0 Å². The maximum atomic E-state index is 2.57. The van der Waals surface area contributed by atoms with Crippen LogP contribution in [0.15, 0.2) is 129 Å². The number of para-hydroxylation sites is 2. The van der Waals surface area contributed by atoms with Crippen LogP contribution in [0.25, 0.3) is 0 Å². The molecular formula is C38H37N2S+. The molecule has 0 fully saturated rings. The number of hydrogen-bond donors (Lipinski definition) is 0. The highest BCUT2D eigenvalue weighted by molar-refractivity contribution is 8.03. The first kappa shape index (κ1) is 25.2. The quantitative estimate of drug-likeness (QED) is 0.297. The van der Waals surface area contributed by atoms with Gasteiger partial charge < -0.3 is 4.90 Å². The summed E-state index contributed by atoms with van der Waals surface area (Å²) in [5.41, 5.74) is 14.8. The number of nitrogens with zero attached hydrogens (tertiary/aromatic N) is 2. The number of anilines is 1. The van der Waals surface area contributed by atoms with Crippen molar-refractivity contribution < 1.29 is 4.58 Å². The van der Waals surface area contributed by atoms with Crippen molar-refractivity contribution in [3.8, 4) is 0 Å². The first-order valence-electron chi connectivity index (χ1n) is 15.1. The zero-order valence-electron chi connectivity index (χ0n) is 24.5. The van der Waals surface area contributed by atoms with Crippen LogP contribution in [0.4, 0.5) is 11.4 Å². The molecule has 0 spiro atoms. The highest BCUT2D eigenvalue weighted by Gasteiger charge is 2.53. The third kappa shape index (κ3) is 3.68. The third-order valence-electron chi connectivity index (χ3n) is 9.86. The van der Waals surface area contributed by atoms with E-state index in [2.05, 4.69) is 128 Å². The normalized spacial score (nSPS) is 23.4. The Hall–Kier alpha value is -3.56. The maximum Gasteiger partial charge on any atom is 0.210 e. The maximum absolute atomic E-state index is 2.57. The van der Waals surface area contributed by atoms with E-state index in [9.17, 15) is 0 Å². The number of thioether (sulfide) groups is 1. The molecule has 4 aliphatic heterocycles. The number of benzene rings is 3. The molecule has 0 N–H and O–H groups in total. The Morgan fingerprint density at radius 1 is 0.732 bits per heavy atom. The van der Waals surface area contributed by atoms with Crippen LogP contribution in [-0.4, -0.2) is 23.4 Å². The number of hydrogen-bond acceptors (Lipinski definition) is 2. The highest BCUT2D eigenvalue weighted by Crippen LogP contribution is 2.54. The summed E-state index contributed by atoms with van der Waals surface area (Å²) in [4.78, 5) is 5.34. The minimum absolute atomic E-state index is 0.0479. The second-order valence-electron chi connectivity index (χ2n) is 13.1. The monoisotopic (exact) mass is 553 g/mol. The van der Waals surface area contributed by atoms with Gasteiger partial charge in [0, 0.05) is 44.8 Å². The average molecular weight is 554 g/mol. The molecule has 8 rings (SSSR count). The van der Waals surface area contributed by atoms with Crippen molar-refractivity contribution in [1.82, 2.24) is 0 Å². The lowest BCUT2D eigenvalue weighted by molar-refractivity contribution is -0.448. The van der Waals surface area contributed by atoms with E-state index in [1.54, 1.807) is 0 Å². The summed E-state index contributed by atoms with van der Waals surface area (Å²) in [5, 5.41) is 0. The van der Waals surface area contributed by atoms with E-state index in [4.69, 9.17) is 0 Å². The molecule has 0 amide bonds. The van der Waals surface area contributed by atoms with Gasteiger partial charge in [-0.25, -0.2) is 0 Å². The molecule has 3 aromatic rings. The molecule has 3 aromatic carbocycles. The minimum atomic E-state index is 0.0479. The fraction of sp³-hybridized carbons (Fsp3) is 0.289. The van der Waals surface area contributed by atoms with Crippen LogP contribution >= 0.6 is 11.8 Å². The molecule has 0 bridgehead atoms. The van der Waals surface area contributed by atoms with Gasteiger partial charge in [-0.1, -0.05) is 86.3 Å². The predicted molar refractivity (Wildman–Crippen MR) is 172 cm³/mol. The molecule has 0 aromatic heterocycles. The van der Waals surface area contributed by atoms with Gasteiger partial charge in [0.25, 0.3) is 0 Å². The van der Waals surface area contributed by atoms with Crippen molar-refractivity contribution in [3.05, 3.63) is 135 Å². The van der Waals surface area contributed by atoms with E-state index in [-0.39, 0.29) is 10.8 Å². The van der Waals surface area contributed by atoms with Crippen molar-refractivity contribution in [2.75, 3.05) is 18.0 Å². The average Bonchev–Trinajstić information content (AvgIpc) is 3.23. The van der Waals surface area contributed by atoms with Crippen molar-refractivity contribution in [1.29, 1.82) is 0 Å². The molecule has 3 heteroatoms. The molecule has 4 heterocycles. The highest BCUT2D eigenvalue weighted by atomic mass is 32.2. The molecule has 0 saturated carbocycles. The largest absolute Gasteiger partial charge is 0.339 e. The van der Waals surface area contributed by atoms with Gasteiger partial charge in [0.05, 0.1) is 11.0 Å². The Bertz CT molecular complexity index is 1780. The zero-order chi connectivity index (χ0) is 27.9. The predicted octanol–water partition coefficient (Wildman–Crippen LogP) is 9.22. The van der Waals surface area contributed by atoms with Crippen molar-refractivity contribution >= 4 is 28.8 Å². The molecule has 2 nitrogen and oxygen atoms in total. The minimum Gasteiger partial charge on any atom is -0.339 e.